The van der Waals surface area contributed by atoms with Gasteiger partial charge in [0.25, 0.3) is 0 Å². The molecule has 1 aromatic heterocycles. The van der Waals surface area contributed by atoms with Crippen molar-refractivity contribution >= 4 is 18.0 Å². The summed E-state index contributed by atoms with van der Waals surface area (Å²) in [4.78, 5) is 28.0. The summed E-state index contributed by atoms with van der Waals surface area (Å²) >= 11 is 0. The Kier molecular flexibility index (Phi) is 4.78. The maximum absolute atomic E-state index is 11.2. The Labute approximate surface area is 92.4 Å². The lowest BCUT2D eigenvalue weighted by molar-refractivity contribution is -0.137. The van der Waals surface area contributed by atoms with Gasteiger partial charge in [-0.1, -0.05) is 0 Å². The van der Waals surface area contributed by atoms with E-state index in [9.17, 15) is 9.59 Å². The van der Waals surface area contributed by atoms with Crippen molar-refractivity contribution in [3.8, 4) is 0 Å². The highest BCUT2D eigenvalue weighted by atomic mass is 16.4. The van der Waals surface area contributed by atoms with Crippen LogP contribution in [-0.4, -0.2) is 33.5 Å². The number of amides is 1. The minimum Gasteiger partial charge on any atom is -0.481 e. The largest absolute Gasteiger partial charge is 0.481 e. The predicted octanol–water partition coefficient (Wildman–Crippen LogP) is 0.404. The van der Waals surface area contributed by atoms with Gasteiger partial charge in [0.2, 0.25) is 5.91 Å². The average molecular weight is 223 g/mol. The van der Waals surface area contributed by atoms with E-state index >= 15 is 0 Å². The van der Waals surface area contributed by atoms with Crippen molar-refractivity contribution < 1.29 is 14.7 Å². The maximum atomic E-state index is 11.2. The zero-order chi connectivity index (χ0) is 11.8. The Morgan fingerprint density at radius 3 is 3.00 bits per heavy atom. The van der Waals surface area contributed by atoms with E-state index in [0.29, 0.717) is 13.0 Å². The minimum absolute atomic E-state index is 0.0601. The molecule has 0 fully saturated rings. The first kappa shape index (κ1) is 12.0. The van der Waals surface area contributed by atoms with Crippen molar-refractivity contribution in [1.29, 1.82) is 0 Å². The number of carboxylic acids is 1. The summed E-state index contributed by atoms with van der Waals surface area (Å²) in [5, 5.41) is 10.9. The minimum atomic E-state index is -0.859. The van der Waals surface area contributed by atoms with E-state index < -0.39 is 5.97 Å². The van der Waals surface area contributed by atoms with Gasteiger partial charge in [-0.15, -0.1) is 0 Å². The van der Waals surface area contributed by atoms with E-state index in [1.165, 1.54) is 12.4 Å². The summed E-state index contributed by atoms with van der Waals surface area (Å²) in [6.07, 6.45) is 6.57. The monoisotopic (exact) mass is 223 g/mol. The van der Waals surface area contributed by atoms with Crippen LogP contribution < -0.4 is 5.32 Å². The highest BCUT2D eigenvalue weighted by Gasteiger charge is 1.98. The van der Waals surface area contributed by atoms with Gasteiger partial charge in [0, 0.05) is 19.0 Å². The van der Waals surface area contributed by atoms with E-state index in [2.05, 4.69) is 15.3 Å². The highest BCUT2D eigenvalue weighted by Crippen LogP contribution is 1.93. The summed E-state index contributed by atoms with van der Waals surface area (Å²) in [6.45, 7) is 0.360. The lowest BCUT2D eigenvalue weighted by Gasteiger charge is -1.99. The Morgan fingerprint density at radius 1 is 1.56 bits per heavy atom. The molecule has 0 aliphatic heterocycles. The molecule has 1 rings (SSSR count). The molecule has 0 radical (unpaired) electrons. The Balaban J connectivity index is 2.18. The molecule has 0 aliphatic rings. The first-order chi connectivity index (χ1) is 7.68. The van der Waals surface area contributed by atoms with Gasteiger partial charge < -0.3 is 15.4 Å². The van der Waals surface area contributed by atoms with Crippen LogP contribution in [0.15, 0.2) is 18.6 Å². The third-order valence-corrected chi connectivity index (χ3v) is 1.80. The standard InChI is InChI=1S/C10H13N3O3/c14-9(12-5-1-2-10(15)16)4-3-8-6-11-7-13-8/h3-4,6-7H,1-2,5H2,(H,11,13)(H,12,14)(H,15,16)/b4-3+. The van der Waals surface area contributed by atoms with Crippen molar-refractivity contribution in [1.82, 2.24) is 15.3 Å². The molecule has 0 unspecified atom stereocenters. The molecular formula is C10H13N3O3. The quantitative estimate of drug-likeness (QED) is 0.480. The smallest absolute Gasteiger partial charge is 0.303 e. The van der Waals surface area contributed by atoms with Gasteiger partial charge in [-0.25, -0.2) is 4.98 Å². The van der Waals surface area contributed by atoms with Crippen LogP contribution in [0, 0.1) is 0 Å². The molecule has 1 heterocycles. The lowest BCUT2D eigenvalue weighted by atomic mass is 10.3. The lowest BCUT2D eigenvalue weighted by Crippen LogP contribution is -2.22. The molecule has 1 amide bonds. The molecule has 0 saturated carbocycles. The summed E-state index contributed by atoms with van der Waals surface area (Å²) in [7, 11) is 0. The number of H-pyrrole nitrogens is 1. The predicted molar refractivity (Wildman–Crippen MR) is 57.5 cm³/mol. The van der Waals surface area contributed by atoms with E-state index in [1.54, 1.807) is 12.3 Å². The molecule has 16 heavy (non-hydrogen) atoms. The van der Waals surface area contributed by atoms with Gasteiger partial charge in [0.05, 0.1) is 18.2 Å². The summed E-state index contributed by atoms with van der Waals surface area (Å²) in [5.41, 5.74) is 0.737. The highest BCUT2D eigenvalue weighted by molar-refractivity contribution is 5.91. The number of carbonyl (C=O) groups excluding carboxylic acids is 1. The molecule has 0 saturated heterocycles. The molecule has 6 heteroatoms. The number of hydrogen-bond acceptors (Lipinski definition) is 3. The van der Waals surface area contributed by atoms with Crippen molar-refractivity contribution in [2.24, 2.45) is 0 Å². The van der Waals surface area contributed by atoms with Crippen molar-refractivity contribution in [3.63, 3.8) is 0 Å². The average Bonchev–Trinajstić information content (AvgIpc) is 2.74. The Morgan fingerprint density at radius 2 is 2.38 bits per heavy atom. The maximum Gasteiger partial charge on any atom is 0.303 e. The molecule has 6 nitrogen and oxygen atoms in total. The normalized spacial score (nSPS) is 10.5. The second-order valence-electron chi connectivity index (χ2n) is 3.13. The van der Waals surface area contributed by atoms with E-state index in [1.807, 2.05) is 0 Å². The van der Waals surface area contributed by atoms with Crippen LogP contribution in [0.1, 0.15) is 18.5 Å². The number of nitrogens with one attached hydrogen (secondary N) is 2. The van der Waals surface area contributed by atoms with Gasteiger partial charge >= 0.3 is 5.97 Å². The zero-order valence-electron chi connectivity index (χ0n) is 8.64. The van der Waals surface area contributed by atoms with Crippen LogP contribution >= 0.6 is 0 Å². The Bertz CT molecular complexity index is 371. The SMILES string of the molecule is O=C(O)CCCNC(=O)/C=C/c1cnc[nH]1. The van der Waals surface area contributed by atoms with Crippen LogP contribution in [0.3, 0.4) is 0 Å². The molecule has 0 spiro atoms. The molecule has 3 N–H and O–H groups in total. The summed E-state index contributed by atoms with van der Waals surface area (Å²) in [6, 6.07) is 0. The Hall–Kier alpha value is -2.11. The van der Waals surface area contributed by atoms with E-state index in [-0.39, 0.29) is 12.3 Å². The number of carbonyl (C=O) groups is 2. The second-order valence-corrected chi connectivity index (χ2v) is 3.13. The molecule has 0 atom stereocenters. The van der Waals surface area contributed by atoms with Crippen LogP contribution in [-0.2, 0) is 9.59 Å². The van der Waals surface area contributed by atoms with E-state index in [4.69, 9.17) is 5.11 Å². The van der Waals surface area contributed by atoms with Crippen LogP contribution in [0.2, 0.25) is 0 Å². The number of hydrogen-bond donors (Lipinski definition) is 3. The van der Waals surface area contributed by atoms with Crippen molar-refractivity contribution in [2.45, 2.75) is 12.8 Å². The molecule has 0 bridgehead atoms. The van der Waals surface area contributed by atoms with Crippen molar-refractivity contribution in [3.05, 3.63) is 24.3 Å². The number of carboxylic acid groups (broad SMARTS) is 1. The number of aromatic nitrogens is 2. The number of aromatic amines is 1. The molecule has 86 valence electrons. The van der Waals surface area contributed by atoms with Crippen LogP contribution in [0.25, 0.3) is 6.08 Å². The fraction of sp³-hybridized carbons (Fsp3) is 0.300. The van der Waals surface area contributed by atoms with E-state index in [0.717, 1.165) is 5.69 Å². The van der Waals surface area contributed by atoms with Gasteiger partial charge in [-0.2, -0.15) is 0 Å². The number of rotatable bonds is 6. The zero-order valence-corrected chi connectivity index (χ0v) is 8.64. The number of imidazole rings is 1. The molecule has 1 aromatic rings. The third kappa shape index (κ3) is 4.94. The summed E-state index contributed by atoms with van der Waals surface area (Å²) < 4.78 is 0. The molecule has 0 aliphatic carbocycles. The molecule has 0 aromatic carbocycles. The number of aliphatic carboxylic acids is 1. The number of nitrogens with zero attached hydrogens (tertiary/aromatic N) is 1. The molecular weight excluding hydrogens is 210 g/mol. The first-order valence-electron chi connectivity index (χ1n) is 4.84. The van der Waals surface area contributed by atoms with Crippen LogP contribution in [0.5, 0.6) is 0 Å². The first-order valence-corrected chi connectivity index (χ1v) is 4.84. The summed E-state index contributed by atoms with van der Waals surface area (Å²) in [5.74, 6) is -1.11. The van der Waals surface area contributed by atoms with Gasteiger partial charge in [0.15, 0.2) is 0 Å². The van der Waals surface area contributed by atoms with Gasteiger partial charge in [0.1, 0.15) is 0 Å². The van der Waals surface area contributed by atoms with Crippen molar-refractivity contribution in [2.75, 3.05) is 6.54 Å². The second kappa shape index (κ2) is 6.39. The third-order valence-electron chi connectivity index (χ3n) is 1.80. The fourth-order valence-electron chi connectivity index (χ4n) is 1.03. The van der Waals surface area contributed by atoms with Crippen LogP contribution in [0.4, 0.5) is 0 Å². The topological polar surface area (TPSA) is 95.1 Å². The van der Waals surface area contributed by atoms with Gasteiger partial charge in [-0.05, 0) is 12.5 Å². The fourth-order valence-corrected chi connectivity index (χ4v) is 1.03. The van der Waals surface area contributed by atoms with Gasteiger partial charge in [-0.3, -0.25) is 9.59 Å².